The van der Waals surface area contributed by atoms with Gasteiger partial charge in [-0.25, -0.2) is 9.37 Å². The largest absolute Gasteiger partial charge is 0.238 e. The smallest absolute Gasteiger partial charge is 0.141 e. The van der Waals surface area contributed by atoms with Crippen LogP contribution in [0.5, 0.6) is 0 Å². The van der Waals surface area contributed by atoms with Crippen LogP contribution in [0.3, 0.4) is 0 Å². The molecule has 2 rings (SSSR count). The summed E-state index contributed by atoms with van der Waals surface area (Å²) in [6, 6.07) is 13.6. The van der Waals surface area contributed by atoms with Gasteiger partial charge in [0.25, 0.3) is 0 Å². The van der Waals surface area contributed by atoms with Gasteiger partial charge in [-0.05, 0) is 30.4 Å². The Morgan fingerprint density at radius 3 is 2.65 bits per heavy atom. The molecule has 0 spiro atoms. The predicted octanol–water partition coefficient (Wildman–Crippen LogP) is 3.26. The summed E-state index contributed by atoms with van der Waals surface area (Å²) in [6.07, 6.45) is 3.32. The molecule has 0 fully saturated rings. The zero-order valence-electron chi connectivity index (χ0n) is 8.97. The van der Waals surface area contributed by atoms with E-state index in [1.54, 1.807) is 48.6 Å². The summed E-state index contributed by atoms with van der Waals surface area (Å²) in [4.78, 5) is 4.07. The van der Waals surface area contributed by atoms with E-state index in [1.165, 1.54) is 6.07 Å². The summed E-state index contributed by atoms with van der Waals surface area (Å²) in [7, 11) is 0. The lowest BCUT2D eigenvalue weighted by Gasteiger charge is -1.96. The Morgan fingerprint density at radius 1 is 1.06 bits per heavy atom. The van der Waals surface area contributed by atoms with E-state index in [9.17, 15) is 4.39 Å². The molecule has 1 aromatic heterocycles. The van der Waals surface area contributed by atoms with Gasteiger partial charge in [0.2, 0.25) is 0 Å². The minimum absolute atomic E-state index is 0.278. The molecular formula is C14H9FN2. The molecule has 0 unspecified atom stereocenters. The summed E-state index contributed by atoms with van der Waals surface area (Å²) in [6.45, 7) is 0. The molecule has 0 saturated heterocycles. The van der Waals surface area contributed by atoms with Crippen LogP contribution in [0.2, 0.25) is 0 Å². The Kier molecular flexibility index (Phi) is 3.27. The number of hydrogen-bond acceptors (Lipinski definition) is 2. The van der Waals surface area contributed by atoms with Crippen molar-refractivity contribution >= 4 is 12.2 Å². The molecule has 1 aromatic carbocycles. The van der Waals surface area contributed by atoms with Crippen molar-refractivity contribution in [1.82, 2.24) is 4.98 Å². The van der Waals surface area contributed by atoms with E-state index in [2.05, 4.69) is 4.98 Å². The molecule has 0 radical (unpaired) electrons. The van der Waals surface area contributed by atoms with Crippen molar-refractivity contribution in [3.8, 4) is 6.07 Å². The van der Waals surface area contributed by atoms with E-state index in [4.69, 9.17) is 5.26 Å². The Morgan fingerprint density at radius 2 is 1.88 bits per heavy atom. The first-order chi connectivity index (χ1) is 8.29. The molecule has 1 heterocycles. The van der Waals surface area contributed by atoms with E-state index >= 15 is 0 Å². The SMILES string of the molecule is N#Cc1cccc(/C=C/c2ccccc2F)n1. The highest BCUT2D eigenvalue weighted by Crippen LogP contribution is 2.10. The maximum Gasteiger partial charge on any atom is 0.141 e. The molecule has 0 amide bonds. The molecule has 0 N–H and O–H groups in total. The second kappa shape index (κ2) is 5.04. The highest BCUT2D eigenvalue weighted by molar-refractivity contribution is 5.68. The number of benzene rings is 1. The summed E-state index contributed by atoms with van der Waals surface area (Å²) >= 11 is 0. The summed E-state index contributed by atoms with van der Waals surface area (Å²) in [5.74, 6) is -0.278. The average molecular weight is 224 g/mol. The van der Waals surface area contributed by atoms with Gasteiger partial charge < -0.3 is 0 Å². The highest BCUT2D eigenvalue weighted by atomic mass is 19.1. The lowest BCUT2D eigenvalue weighted by molar-refractivity contribution is 0.625. The van der Waals surface area contributed by atoms with Crippen LogP contribution in [0.1, 0.15) is 17.0 Å². The Labute approximate surface area is 98.7 Å². The van der Waals surface area contributed by atoms with Gasteiger partial charge in [0.1, 0.15) is 17.6 Å². The first-order valence-corrected chi connectivity index (χ1v) is 5.09. The van der Waals surface area contributed by atoms with Crippen LogP contribution in [0.25, 0.3) is 12.2 Å². The normalized spacial score (nSPS) is 10.4. The van der Waals surface area contributed by atoms with Crippen molar-refractivity contribution in [2.24, 2.45) is 0 Å². The van der Waals surface area contributed by atoms with Gasteiger partial charge in [0.15, 0.2) is 0 Å². The van der Waals surface area contributed by atoms with Gasteiger partial charge in [0.05, 0.1) is 5.69 Å². The van der Waals surface area contributed by atoms with E-state index in [1.807, 2.05) is 6.07 Å². The number of halogens is 1. The second-order valence-corrected chi connectivity index (χ2v) is 3.41. The van der Waals surface area contributed by atoms with Crippen molar-refractivity contribution in [2.45, 2.75) is 0 Å². The van der Waals surface area contributed by atoms with Gasteiger partial charge in [-0.15, -0.1) is 0 Å². The predicted molar refractivity (Wildman–Crippen MR) is 64.3 cm³/mol. The average Bonchev–Trinajstić information content (AvgIpc) is 2.38. The number of aromatic nitrogens is 1. The van der Waals surface area contributed by atoms with E-state index < -0.39 is 0 Å². The Hall–Kier alpha value is -2.47. The van der Waals surface area contributed by atoms with E-state index in [0.717, 1.165) is 0 Å². The fourth-order valence-corrected chi connectivity index (χ4v) is 1.39. The first-order valence-electron chi connectivity index (χ1n) is 5.09. The summed E-state index contributed by atoms with van der Waals surface area (Å²) < 4.78 is 13.3. The fraction of sp³-hybridized carbons (Fsp3) is 0. The quantitative estimate of drug-likeness (QED) is 0.785. The van der Waals surface area contributed by atoms with E-state index in [-0.39, 0.29) is 5.82 Å². The molecule has 0 saturated carbocycles. The molecule has 0 bridgehead atoms. The van der Waals surface area contributed by atoms with Crippen molar-refractivity contribution in [1.29, 1.82) is 5.26 Å². The molecular weight excluding hydrogens is 215 g/mol. The third kappa shape index (κ3) is 2.76. The molecule has 0 aliphatic heterocycles. The third-order valence-electron chi connectivity index (χ3n) is 2.22. The Bertz CT molecular complexity index is 597. The van der Waals surface area contributed by atoms with Gasteiger partial charge >= 0.3 is 0 Å². The van der Waals surface area contributed by atoms with Crippen LogP contribution in [0, 0.1) is 17.1 Å². The molecule has 0 aliphatic carbocycles. The number of rotatable bonds is 2. The van der Waals surface area contributed by atoms with Crippen LogP contribution in [0.4, 0.5) is 4.39 Å². The molecule has 17 heavy (non-hydrogen) atoms. The number of nitrogens with zero attached hydrogens (tertiary/aromatic N) is 2. The topological polar surface area (TPSA) is 36.7 Å². The van der Waals surface area contributed by atoms with Crippen LogP contribution in [-0.4, -0.2) is 4.98 Å². The monoisotopic (exact) mass is 224 g/mol. The van der Waals surface area contributed by atoms with Gasteiger partial charge in [-0.2, -0.15) is 5.26 Å². The van der Waals surface area contributed by atoms with Crippen LogP contribution in [0.15, 0.2) is 42.5 Å². The fourth-order valence-electron chi connectivity index (χ4n) is 1.39. The number of nitriles is 1. The van der Waals surface area contributed by atoms with Crippen LogP contribution in [-0.2, 0) is 0 Å². The third-order valence-corrected chi connectivity index (χ3v) is 2.22. The first kappa shape index (κ1) is 11.0. The minimum atomic E-state index is -0.278. The van der Waals surface area contributed by atoms with Crippen molar-refractivity contribution in [3.05, 3.63) is 65.2 Å². The van der Waals surface area contributed by atoms with Crippen molar-refractivity contribution in [2.75, 3.05) is 0 Å². The summed E-state index contributed by atoms with van der Waals surface area (Å²) in [5, 5.41) is 8.69. The molecule has 3 heteroatoms. The van der Waals surface area contributed by atoms with Gasteiger partial charge in [-0.3, -0.25) is 0 Å². The standard InChI is InChI=1S/C14H9FN2/c15-14-7-2-1-4-11(14)8-9-12-5-3-6-13(10-16)17-12/h1-9H/b9-8+. The Balaban J connectivity index is 2.27. The van der Waals surface area contributed by atoms with Gasteiger partial charge in [0, 0.05) is 5.56 Å². The highest BCUT2D eigenvalue weighted by Gasteiger charge is 1.96. The second-order valence-electron chi connectivity index (χ2n) is 3.41. The zero-order valence-corrected chi connectivity index (χ0v) is 8.97. The van der Waals surface area contributed by atoms with Crippen molar-refractivity contribution < 1.29 is 4.39 Å². The van der Waals surface area contributed by atoms with Crippen LogP contribution >= 0.6 is 0 Å². The molecule has 0 atom stereocenters. The maximum atomic E-state index is 13.3. The molecule has 82 valence electrons. The van der Waals surface area contributed by atoms with E-state index in [0.29, 0.717) is 17.0 Å². The molecule has 2 aromatic rings. The lowest BCUT2D eigenvalue weighted by atomic mass is 10.2. The maximum absolute atomic E-state index is 13.3. The van der Waals surface area contributed by atoms with Crippen molar-refractivity contribution in [3.63, 3.8) is 0 Å². The molecule has 0 aliphatic rings. The lowest BCUT2D eigenvalue weighted by Crippen LogP contribution is -1.85. The molecule has 2 nitrogen and oxygen atoms in total. The number of pyridine rings is 1. The number of hydrogen-bond donors (Lipinski definition) is 0. The van der Waals surface area contributed by atoms with Crippen LogP contribution < -0.4 is 0 Å². The zero-order chi connectivity index (χ0) is 12.1. The van der Waals surface area contributed by atoms with Gasteiger partial charge in [-0.1, -0.05) is 24.3 Å². The minimum Gasteiger partial charge on any atom is -0.238 e. The summed E-state index contributed by atoms with van der Waals surface area (Å²) in [5.41, 5.74) is 1.48.